The van der Waals surface area contributed by atoms with E-state index in [9.17, 15) is 9.59 Å². The van der Waals surface area contributed by atoms with E-state index in [1.54, 1.807) is 0 Å². The van der Waals surface area contributed by atoms with Crippen LogP contribution in [0.4, 0.5) is 0 Å². The first-order chi connectivity index (χ1) is 31.4. The second-order valence-corrected chi connectivity index (χ2v) is 20.8. The van der Waals surface area contributed by atoms with Crippen LogP contribution in [0.2, 0.25) is 0 Å². The third kappa shape index (κ3) is 36.9. The molecule has 1 amide bonds. The van der Waals surface area contributed by atoms with E-state index < -0.39 is 0 Å². The highest BCUT2D eigenvalue weighted by Crippen LogP contribution is 2.22. The Kier molecular flexibility index (Phi) is 43.3. The van der Waals surface area contributed by atoms with Gasteiger partial charge in [-0.3, -0.25) is 14.5 Å². The van der Waals surface area contributed by atoms with Gasteiger partial charge in [0.15, 0.2) is 0 Å². The number of piperidine rings is 1. The fourth-order valence-electron chi connectivity index (χ4n) is 9.80. The minimum absolute atomic E-state index is 0.0271. The van der Waals surface area contributed by atoms with Crippen LogP contribution in [0.25, 0.3) is 0 Å². The molecule has 380 valence electrons. The Bertz CT molecular complexity index is 985. The van der Waals surface area contributed by atoms with Crippen LogP contribution < -0.4 is 0 Å². The number of esters is 1. The summed E-state index contributed by atoms with van der Waals surface area (Å²) in [7, 11) is 0. The molecular weight excluding hydrogens is 789 g/mol. The summed E-state index contributed by atoms with van der Waals surface area (Å²) in [4.78, 5) is 36.6. The Labute approximate surface area is 401 Å². The lowest BCUT2D eigenvalue weighted by molar-refractivity contribution is -0.145. The molecule has 7 heteroatoms. The van der Waals surface area contributed by atoms with E-state index in [1.165, 1.54) is 199 Å². The van der Waals surface area contributed by atoms with Crippen molar-refractivity contribution in [1.29, 1.82) is 0 Å². The van der Waals surface area contributed by atoms with E-state index in [0.29, 0.717) is 37.3 Å². The topological polar surface area (TPSA) is 56.3 Å². The highest BCUT2D eigenvalue weighted by Gasteiger charge is 2.25. The fraction of sp³-hybridized carbons (Fsp3) is 0.965. The Balaban J connectivity index is 2.77. The number of nitrogens with zero attached hydrogens (tertiary/aromatic N) is 4. The number of likely N-dealkylation sites (tertiary alicyclic amines) is 1. The zero-order chi connectivity index (χ0) is 46.6. The average Bonchev–Trinajstić information content (AvgIpc) is 3.30. The first kappa shape index (κ1) is 60.8. The molecule has 1 aliphatic rings. The van der Waals surface area contributed by atoms with Crippen molar-refractivity contribution in [2.45, 2.75) is 266 Å². The normalized spacial score (nSPS) is 14.1. The van der Waals surface area contributed by atoms with Crippen molar-refractivity contribution >= 4 is 11.9 Å². The second-order valence-electron chi connectivity index (χ2n) is 20.8. The number of ether oxygens (including phenoxy) is 1. The smallest absolute Gasteiger partial charge is 0.305 e. The zero-order valence-corrected chi connectivity index (χ0v) is 44.4. The average molecular weight is 904 g/mol. The first-order valence-corrected chi connectivity index (χ1v) is 29.0. The van der Waals surface area contributed by atoms with E-state index in [-0.39, 0.29) is 5.97 Å². The highest BCUT2D eigenvalue weighted by molar-refractivity contribution is 5.78. The molecule has 1 fully saturated rings. The van der Waals surface area contributed by atoms with Crippen molar-refractivity contribution in [3.63, 3.8) is 0 Å². The third-order valence-electron chi connectivity index (χ3n) is 14.3. The number of carbonyl (C=O) groups is 2. The van der Waals surface area contributed by atoms with E-state index in [4.69, 9.17) is 4.74 Å². The van der Waals surface area contributed by atoms with Crippen LogP contribution in [0.5, 0.6) is 0 Å². The van der Waals surface area contributed by atoms with Gasteiger partial charge in [0.2, 0.25) is 5.91 Å². The van der Waals surface area contributed by atoms with Crippen molar-refractivity contribution in [2.24, 2.45) is 11.8 Å². The van der Waals surface area contributed by atoms with Gasteiger partial charge in [-0.15, -0.1) is 0 Å². The van der Waals surface area contributed by atoms with Crippen LogP contribution in [0.15, 0.2) is 0 Å². The Hall–Kier alpha value is -1.18. The number of rotatable bonds is 48. The molecule has 1 aliphatic heterocycles. The van der Waals surface area contributed by atoms with Crippen LogP contribution in [0.3, 0.4) is 0 Å². The molecule has 64 heavy (non-hydrogen) atoms. The summed E-state index contributed by atoms with van der Waals surface area (Å²) in [6.45, 7) is 25.5. The van der Waals surface area contributed by atoms with Crippen molar-refractivity contribution < 1.29 is 14.3 Å². The molecule has 0 aromatic rings. The monoisotopic (exact) mass is 903 g/mol. The van der Waals surface area contributed by atoms with Crippen LogP contribution in [0.1, 0.15) is 266 Å². The number of hydrogen-bond acceptors (Lipinski definition) is 6. The predicted molar refractivity (Wildman–Crippen MR) is 279 cm³/mol. The van der Waals surface area contributed by atoms with E-state index >= 15 is 0 Å². The van der Waals surface area contributed by atoms with Crippen LogP contribution in [-0.2, 0) is 14.3 Å². The summed E-state index contributed by atoms with van der Waals surface area (Å²) < 4.78 is 5.72. The van der Waals surface area contributed by atoms with Gasteiger partial charge < -0.3 is 19.4 Å². The molecule has 0 radical (unpaired) electrons. The van der Waals surface area contributed by atoms with Gasteiger partial charge in [-0.05, 0) is 90.0 Å². The van der Waals surface area contributed by atoms with Crippen LogP contribution >= 0.6 is 0 Å². The molecule has 0 N–H and O–H groups in total. The molecule has 1 atom stereocenters. The SMILES string of the molecule is CCCCCCCCCN(CCCCCCCCC)CCN(CCCCCCCCC)CC(=O)N1CCC(CCN(CCCCCCCCC)CC(C)COC(=O)CCCCC)CC1. The quantitative estimate of drug-likeness (QED) is 0.0448. The minimum Gasteiger partial charge on any atom is -0.465 e. The first-order valence-electron chi connectivity index (χ1n) is 29.0. The molecule has 7 nitrogen and oxygen atoms in total. The fourth-order valence-corrected chi connectivity index (χ4v) is 9.80. The number of hydrogen-bond donors (Lipinski definition) is 0. The lowest BCUT2D eigenvalue weighted by atomic mass is 9.93. The third-order valence-corrected chi connectivity index (χ3v) is 14.3. The van der Waals surface area contributed by atoms with Gasteiger partial charge in [-0.2, -0.15) is 0 Å². The predicted octanol–water partition coefficient (Wildman–Crippen LogP) is 15.3. The van der Waals surface area contributed by atoms with E-state index in [1.807, 2.05) is 0 Å². The molecule has 1 heterocycles. The molecule has 0 saturated carbocycles. The maximum atomic E-state index is 14.0. The van der Waals surface area contributed by atoms with Crippen molar-refractivity contribution in [1.82, 2.24) is 19.6 Å². The van der Waals surface area contributed by atoms with Crippen LogP contribution in [0, 0.1) is 11.8 Å². The molecule has 0 aromatic carbocycles. The van der Waals surface area contributed by atoms with E-state index in [0.717, 1.165) is 84.5 Å². The molecule has 1 unspecified atom stereocenters. The van der Waals surface area contributed by atoms with Gasteiger partial charge in [0, 0.05) is 45.1 Å². The van der Waals surface area contributed by atoms with Crippen molar-refractivity contribution in [2.75, 3.05) is 78.6 Å². The minimum atomic E-state index is -0.0271. The Morgan fingerprint density at radius 3 is 1.30 bits per heavy atom. The molecule has 0 aliphatic carbocycles. The molecule has 1 rings (SSSR count). The molecule has 0 bridgehead atoms. The van der Waals surface area contributed by atoms with Crippen LogP contribution in [-0.4, -0.2) is 110 Å². The standard InChI is InChI=1S/C57H114N4O3/c1-7-12-17-21-25-29-34-42-58(43-35-30-26-22-18-13-8-2)49-50-60(45-37-32-28-24-20-15-10-4)52-56(62)61-47-40-55(41-48-61)39-46-59(44-36-31-27-23-19-14-9-3)51-54(6)53-64-57(63)38-33-16-11-5/h54-55H,7-53H2,1-6H3. The van der Waals surface area contributed by atoms with Crippen molar-refractivity contribution in [3.8, 4) is 0 Å². The van der Waals surface area contributed by atoms with Crippen molar-refractivity contribution in [3.05, 3.63) is 0 Å². The molecule has 0 aromatic heterocycles. The molecular formula is C57H114N4O3. The maximum Gasteiger partial charge on any atom is 0.305 e. The largest absolute Gasteiger partial charge is 0.465 e. The highest BCUT2D eigenvalue weighted by atomic mass is 16.5. The summed E-state index contributed by atoms with van der Waals surface area (Å²) in [6.07, 6.45) is 44.9. The lowest BCUT2D eigenvalue weighted by Crippen LogP contribution is -2.46. The summed E-state index contributed by atoms with van der Waals surface area (Å²) in [5, 5.41) is 0. The lowest BCUT2D eigenvalue weighted by Gasteiger charge is -2.35. The number of carbonyl (C=O) groups excluding carboxylic acids is 2. The van der Waals surface area contributed by atoms with Gasteiger partial charge in [-0.1, -0.05) is 208 Å². The summed E-state index contributed by atoms with van der Waals surface area (Å²) in [5.74, 6) is 1.37. The summed E-state index contributed by atoms with van der Waals surface area (Å²) >= 11 is 0. The van der Waals surface area contributed by atoms with Gasteiger partial charge in [0.05, 0.1) is 13.2 Å². The molecule has 1 saturated heterocycles. The zero-order valence-electron chi connectivity index (χ0n) is 44.4. The number of unbranched alkanes of at least 4 members (excludes halogenated alkanes) is 26. The summed E-state index contributed by atoms with van der Waals surface area (Å²) in [5.41, 5.74) is 0. The van der Waals surface area contributed by atoms with E-state index in [2.05, 4.69) is 61.1 Å². The summed E-state index contributed by atoms with van der Waals surface area (Å²) in [6, 6.07) is 0. The Morgan fingerprint density at radius 1 is 0.469 bits per heavy atom. The maximum absolute atomic E-state index is 14.0. The Morgan fingerprint density at radius 2 is 0.844 bits per heavy atom. The number of amides is 1. The van der Waals surface area contributed by atoms with Gasteiger partial charge in [-0.25, -0.2) is 0 Å². The molecule has 0 spiro atoms. The second kappa shape index (κ2) is 45.6. The van der Waals surface area contributed by atoms with Gasteiger partial charge >= 0.3 is 5.97 Å². The van der Waals surface area contributed by atoms with Gasteiger partial charge in [0.25, 0.3) is 0 Å². The van der Waals surface area contributed by atoms with Gasteiger partial charge in [0.1, 0.15) is 0 Å².